The first kappa shape index (κ1) is 14.8. The number of anilines is 2. The van der Waals surface area contributed by atoms with Gasteiger partial charge < -0.3 is 5.32 Å². The lowest BCUT2D eigenvalue weighted by atomic mass is 9.85. The fourth-order valence-electron chi connectivity index (χ4n) is 2.99. The summed E-state index contributed by atoms with van der Waals surface area (Å²) in [7, 11) is 0. The lowest BCUT2D eigenvalue weighted by molar-refractivity contribution is -0.122. The van der Waals surface area contributed by atoms with Crippen molar-refractivity contribution < 1.29 is 14.4 Å². The molecule has 6 heteroatoms. The van der Waals surface area contributed by atoms with E-state index in [4.69, 9.17) is 11.6 Å². The van der Waals surface area contributed by atoms with Gasteiger partial charge in [-0.15, -0.1) is 0 Å². The van der Waals surface area contributed by atoms with E-state index in [9.17, 15) is 14.4 Å². The summed E-state index contributed by atoms with van der Waals surface area (Å²) in [6.07, 6.45) is 5.08. The third-order valence-corrected chi connectivity index (χ3v) is 4.36. The van der Waals surface area contributed by atoms with Crippen molar-refractivity contribution >= 4 is 40.7 Å². The van der Waals surface area contributed by atoms with Crippen molar-refractivity contribution in [1.82, 2.24) is 0 Å². The summed E-state index contributed by atoms with van der Waals surface area (Å²) in [5, 5.41) is 2.96. The minimum atomic E-state index is -0.280. The number of nitrogens with zero attached hydrogens (tertiary/aromatic N) is 1. The maximum atomic E-state index is 12.5. The number of allylic oxidation sites excluding steroid dienone is 2. The molecular formula is C16H15ClN2O3. The Labute approximate surface area is 132 Å². The van der Waals surface area contributed by atoms with E-state index in [0.29, 0.717) is 29.2 Å². The van der Waals surface area contributed by atoms with Gasteiger partial charge >= 0.3 is 0 Å². The van der Waals surface area contributed by atoms with Crippen LogP contribution < -0.4 is 10.2 Å². The van der Waals surface area contributed by atoms with Gasteiger partial charge in [0.2, 0.25) is 17.7 Å². The Kier molecular flexibility index (Phi) is 3.74. The number of imide groups is 1. The van der Waals surface area contributed by atoms with Crippen LogP contribution in [0, 0.1) is 11.8 Å². The molecule has 0 radical (unpaired) electrons. The van der Waals surface area contributed by atoms with Gasteiger partial charge in [0.05, 0.1) is 28.2 Å². The second kappa shape index (κ2) is 5.57. The minimum Gasteiger partial charge on any atom is -0.325 e. The average molecular weight is 319 g/mol. The van der Waals surface area contributed by atoms with Gasteiger partial charge in [-0.25, -0.2) is 4.90 Å². The molecule has 1 heterocycles. The van der Waals surface area contributed by atoms with Gasteiger partial charge in [0, 0.05) is 6.92 Å². The number of halogens is 1. The lowest BCUT2D eigenvalue weighted by Crippen LogP contribution is -2.30. The van der Waals surface area contributed by atoms with Gasteiger partial charge in [0.25, 0.3) is 0 Å². The van der Waals surface area contributed by atoms with E-state index < -0.39 is 0 Å². The van der Waals surface area contributed by atoms with Gasteiger partial charge in [-0.1, -0.05) is 23.8 Å². The Morgan fingerprint density at radius 1 is 1.18 bits per heavy atom. The average Bonchev–Trinajstić information content (AvgIpc) is 2.74. The molecule has 1 aliphatic heterocycles. The highest BCUT2D eigenvalue weighted by atomic mass is 35.5. The van der Waals surface area contributed by atoms with Crippen LogP contribution in [-0.2, 0) is 14.4 Å². The summed E-state index contributed by atoms with van der Waals surface area (Å²) in [6, 6.07) is 4.75. The number of fused-ring (bicyclic) bond motifs is 1. The van der Waals surface area contributed by atoms with E-state index in [2.05, 4.69) is 5.32 Å². The van der Waals surface area contributed by atoms with E-state index in [-0.39, 0.29) is 29.6 Å². The standard InChI is InChI=1S/C16H15ClN2O3/c1-9(20)18-14-8-10(6-7-13(14)17)19-15(21)11-4-2-3-5-12(11)16(19)22/h2-3,6-8,11-12H,4-5H2,1H3,(H,18,20)/t11-,12+. The lowest BCUT2D eigenvalue weighted by Gasteiger charge is -2.16. The molecule has 1 N–H and O–H groups in total. The number of carbonyl (C=O) groups is 3. The monoisotopic (exact) mass is 318 g/mol. The van der Waals surface area contributed by atoms with Gasteiger partial charge in [-0.2, -0.15) is 0 Å². The zero-order valence-corrected chi connectivity index (χ0v) is 12.8. The summed E-state index contributed by atoms with van der Waals surface area (Å²) in [6.45, 7) is 1.37. The first-order valence-corrected chi connectivity index (χ1v) is 7.47. The van der Waals surface area contributed by atoms with Crippen LogP contribution in [-0.4, -0.2) is 17.7 Å². The number of rotatable bonds is 2. The third-order valence-electron chi connectivity index (χ3n) is 4.03. The van der Waals surface area contributed by atoms with E-state index in [1.165, 1.54) is 11.8 Å². The molecule has 1 aromatic rings. The fraction of sp³-hybridized carbons (Fsp3) is 0.312. The van der Waals surface area contributed by atoms with Crippen LogP contribution in [0.2, 0.25) is 5.02 Å². The van der Waals surface area contributed by atoms with E-state index in [1.54, 1.807) is 18.2 Å². The van der Waals surface area contributed by atoms with E-state index in [0.717, 1.165) is 0 Å². The van der Waals surface area contributed by atoms with Crippen LogP contribution in [0.3, 0.4) is 0 Å². The molecule has 1 fully saturated rings. The fourth-order valence-corrected chi connectivity index (χ4v) is 3.16. The molecule has 2 aliphatic rings. The molecule has 0 aromatic heterocycles. The second-order valence-electron chi connectivity index (χ2n) is 5.51. The van der Waals surface area contributed by atoms with Crippen LogP contribution in [0.5, 0.6) is 0 Å². The zero-order chi connectivity index (χ0) is 15.9. The van der Waals surface area contributed by atoms with Crippen molar-refractivity contribution in [3.63, 3.8) is 0 Å². The number of amides is 3. The Morgan fingerprint density at radius 2 is 1.77 bits per heavy atom. The zero-order valence-electron chi connectivity index (χ0n) is 12.0. The van der Waals surface area contributed by atoms with Gasteiger partial charge in [-0.05, 0) is 31.0 Å². The summed E-state index contributed by atoms with van der Waals surface area (Å²) in [4.78, 5) is 37.5. The van der Waals surface area contributed by atoms with Crippen molar-refractivity contribution in [3.8, 4) is 0 Å². The normalized spacial score (nSPS) is 23.6. The predicted octanol–water partition coefficient (Wildman–Crippen LogP) is 2.75. The first-order valence-electron chi connectivity index (χ1n) is 7.09. The molecule has 1 aromatic carbocycles. The first-order chi connectivity index (χ1) is 10.5. The van der Waals surface area contributed by atoms with Gasteiger partial charge in [0.1, 0.15) is 0 Å². The van der Waals surface area contributed by atoms with Gasteiger partial charge in [-0.3, -0.25) is 14.4 Å². The molecule has 1 aliphatic carbocycles. The van der Waals surface area contributed by atoms with Crippen molar-refractivity contribution in [2.75, 3.05) is 10.2 Å². The summed E-state index contributed by atoms with van der Waals surface area (Å²) >= 11 is 6.03. The van der Waals surface area contributed by atoms with Crippen LogP contribution in [0.15, 0.2) is 30.4 Å². The second-order valence-corrected chi connectivity index (χ2v) is 5.92. The molecule has 3 amide bonds. The highest BCUT2D eigenvalue weighted by molar-refractivity contribution is 6.34. The molecule has 1 saturated heterocycles. The molecular weight excluding hydrogens is 304 g/mol. The summed E-state index contributed by atoms with van der Waals surface area (Å²) < 4.78 is 0. The molecule has 0 spiro atoms. The van der Waals surface area contributed by atoms with Crippen LogP contribution in [0.1, 0.15) is 19.8 Å². The molecule has 0 saturated carbocycles. The Morgan fingerprint density at radius 3 is 2.32 bits per heavy atom. The van der Waals surface area contributed by atoms with Crippen LogP contribution in [0.25, 0.3) is 0 Å². The minimum absolute atomic E-state index is 0.185. The van der Waals surface area contributed by atoms with Crippen LogP contribution in [0.4, 0.5) is 11.4 Å². The van der Waals surface area contributed by atoms with Crippen LogP contribution >= 0.6 is 11.6 Å². The highest BCUT2D eigenvalue weighted by Gasteiger charge is 2.47. The van der Waals surface area contributed by atoms with Crippen molar-refractivity contribution in [1.29, 1.82) is 0 Å². The predicted molar refractivity (Wildman–Crippen MR) is 83.6 cm³/mol. The SMILES string of the molecule is CC(=O)Nc1cc(N2C(=O)[C@H]3CC=CC[C@H]3C2=O)ccc1Cl. The number of hydrogen-bond acceptors (Lipinski definition) is 3. The molecule has 2 atom stereocenters. The summed E-state index contributed by atoms with van der Waals surface area (Å²) in [5.74, 6) is -1.20. The molecule has 0 bridgehead atoms. The topological polar surface area (TPSA) is 66.5 Å². The number of hydrogen-bond donors (Lipinski definition) is 1. The van der Waals surface area contributed by atoms with E-state index in [1.807, 2.05) is 12.2 Å². The van der Waals surface area contributed by atoms with Crippen molar-refractivity contribution in [2.24, 2.45) is 11.8 Å². The van der Waals surface area contributed by atoms with Crippen molar-refractivity contribution in [3.05, 3.63) is 35.4 Å². The van der Waals surface area contributed by atoms with Gasteiger partial charge in [0.15, 0.2) is 0 Å². The molecule has 5 nitrogen and oxygen atoms in total. The van der Waals surface area contributed by atoms with Crippen molar-refractivity contribution in [2.45, 2.75) is 19.8 Å². The largest absolute Gasteiger partial charge is 0.325 e. The number of nitrogens with one attached hydrogen (secondary N) is 1. The summed E-state index contributed by atoms with van der Waals surface area (Å²) in [5.41, 5.74) is 0.831. The molecule has 114 valence electrons. The molecule has 22 heavy (non-hydrogen) atoms. The smallest absolute Gasteiger partial charge is 0.238 e. The number of benzene rings is 1. The quantitative estimate of drug-likeness (QED) is 0.673. The number of carbonyl (C=O) groups excluding carboxylic acids is 3. The Hall–Kier alpha value is -2.14. The molecule has 3 rings (SSSR count). The maximum absolute atomic E-state index is 12.5. The third kappa shape index (κ3) is 2.41. The maximum Gasteiger partial charge on any atom is 0.238 e. The Balaban J connectivity index is 1.96. The molecule has 0 unspecified atom stereocenters. The highest BCUT2D eigenvalue weighted by Crippen LogP contribution is 2.39. The van der Waals surface area contributed by atoms with E-state index >= 15 is 0 Å². The Bertz CT molecular complexity index is 673.